The number of benzene rings is 2. The molecule has 2 unspecified atom stereocenters. The Morgan fingerprint density at radius 3 is 2.73 bits per heavy atom. The minimum atomic E-state index is -0.541. The summed E-state index contributed by atoms with van der Waals surface area (Å²) in [5.74, 6) is 1.61. The molecule has 1 amide bonds. The third-order valence-electron chi connectivity index (χ3n) is 7.52. The van der Waals surface area contributed by atoms with Crippen LogP contribution >= 0.6 is 0 Å². The minimum absolute atomic E-state index is 0.00397. The Morgan fingerprint density at radius 1 is 1.09 bits per heavy atom. The van der Waals surface area contributed by atoms with Crippen LogP contribution in [0, 0.1) is 6.92 Å². The zero-order valence-corrected chi connectivity index (χ0v) is 26.1. The van der Waals surface area contributed by atoms with Crippen LogP contribution in [0.4, 0.5) is 16.4 Å². The molecule has 0 radical (unpaired) electrons. The van der Waals surface area contributed by atoms with Gasteiger partial charge in [-0.25, -0.2) is 19.7 Å². The molecule has 1 saturated heterocycles. The van der Waals surface area contributed by atoms with E-state index in [1.807, 2.05) is 77.1 Å². The highest BCUT2D eigenvalue weighted by molar-refractivity contribution is 5.98. The van der Waals surface area contributed by atoms with E-state index in [9.17, 15) is 9.90 Å². The van der Waals surface area contributed by atoms with Crippen molar-refractivity contribution in [3.63, 3.8) is 0 Å². The van der Waals surface area contributed by atoms with Crippen molar-refractivity contribution in [1.82, 2.24) is 19.9 Å². The molecule has 10 nitrogen and oxygen atoms in total. The molecule has 0 bridgehead atoms. The van der Waals surface area contributed by atoms with Gasteiger partial charge in [-0.2, -0.15) is 0 Å². The van der Waals surface area contributed by atoms with Crippen molar-refractivity contribution in [2.45, 2.75) is 71.6 Å². The summed E-state index contributed by atoms with van der Waals surface area (Å²) in [5, 5.41) is 18.8. The maximum atomic E-state index is 12.6. The summed E-state index contributed by atoms with van der Waals surface area (Å²) in [6.07, 6.45) is 5.12. The van der Waals surface area contributed by atoms with Crippen molar-refractivity contribution in [3.05, 3.63) is 66.5 Å². The first-order valence-corrected chi connectivity index (χ1v) is 15.3. The van der Waals surface area contributed by atoms with Crippen LogP contribution in [0.2, 0.25) is 0 Å². The summed E-state index contributed by atoms with van der Waals surface area (Å²) in [6, 6.07) is 15.7. The maximum Gasteiger partial charge on any atom is 0.410 e. The molecule has 232 valence electrons. The van der Waals surface area contributed by atoms with Crippen LogP contribution in [0.25, 0.3) is 22.0 Å². The van der Waals surface area contributed by atoms with Gasteiger partial charge in [-0.3, -0.25) is 0 Å². The van der Waals surface area contributed by atoms with E-state index in [0.717, 1.165) is 40.4 Å². The largest absolute Gasteiger partial charge is 0.444 e. The molecule has 4 aromatic rings. The monoisotopic (exact) mass is 598 g/mol. The van der Waals surface area contributed by atoms with Crippen LogP contribution in [-0.2, 0) is 4.74 Å². The molecular weight excluding hydrogens is 556 g/mol. The van der Waals surface area contributed by atoms with Gasteiger partial charge in [-0.15, -0.1) is 0 Å². The van der Waals surface area contributed by atoms with Crippen LogP contribution in [0.1, 0.15) is 52.5 Å². The highest BCUT2D eigenvalue weighted by Crippen LogP contribution is 2.38. The van der Waals surface area contributed by atoms with E-state index in [1.165, 1.54) is 0 Å². The Bertz CT molecular complexity index is 1600. The Morgan fingerprint density at radius 2 is 1.93 bits per heavy atom. The normalized spacial score (nSPS) is 16.0. The number of piperidine rings is 1. The number of amides is 1. The topological polar surface area (TPSA) is 122 Å². The van der Waals surface area contributed by atoms with E-state index < -0.39 is 11.7 Å². The maximum absolute atomic E-state index is 12.6. The zero-order valence-electron chi connectivity index (χ0n) is 26.1. The Balaban J connectivity index is 1.37. The molecule has 2 aromatic heterocycles. The van der Waals surface area contributed by atoms with E-state index in [2.05, 4.69) is 26.7 Å². The number of pyridine rings is 1. The molecule has 10 heteroatoms. The lowest BCUT2D eigenvalue weighted by Crippen LogP contribution is -2.47. The van der Waals surface area contributed by atoms with E-state index in [-0.39, 0.29) is 12.1 Å². The zero-order chi connectivity index (χ0) is 31.3. The predicted molar refractivity (Wildman–Crippen MR) is 173 cm³/mol. The van der Waals surface area contributed by atoms with Gasteiger partial charge in [-0.1, -0.05) is 31.2 Å². The SMILES string of the molecule is CCC(O)CNc1cccc2c(Oc3ncccc3-c3ccnc(NC4CCCN(C(=O)OC(C)(C)C)C4)n3)c(C)ccc12. The number of anilines is 2. The van der Waals surface area contributed by atoms with Gasteiger partial charge in [0.1, 0.15) is 11.4 Å². The van der Waals surface area contributed by atoms with Gasteiger partial charge < -0.3 is 30.1 Å². The van der Waals surface area contributed by atoms with Crippen molar-refractivity contribution in [3.8, 4) is 22.9 Å². The van der Waals surface area contributed by atoms with Gasteiger partial charge in [0.05, 0.1) is 17.4 Å². The number of likely N-dealkylation sites (tertiary alicyclic amines) is 1. The number of hydrogen-bond donors (Lipinski definition) is 3. The molecule has 1 aliphatic heterocycles. The average molecular weight is 599 g/mol. The number of rotatable bonds is 9. The Kier molecular flexibility index (Phi) is 9.49. The van der Waals surface area contributed by atoms with Crippen LogP contribution in [0.3, 0.4) is 0 Å². The summed E-state index contributed by atoms with van der Waals surface area (Å²) >= 11 is 0. The number of ether oxygens (including phenoxy) is 2. The second-order valence-electron chi connectivity index (χ2n) is 12.2. The van der Waals surface area contributed by atoms with Crippen molar-refractivity contribution < 1.29 is 19.4 Å². The van der Waals surface area contributed by atoms with Crippen LogP contribution in [-0.4, -0.2) is 68.4 Å². The molecule has 0 saturated carbocycles. The Hall–Kier alpha value is -4.44. The van der Waals surface area contributed by atoms with Crippen molar-refractivity contribution in [1.29, 1.82) is 0 Å². The van der Waals surface area contributed by atoms with Crippen LogP contribution in [0.5, 0.6) is 11.6 Å². The molecule has 5 rings (SSSR count). The summed E-state index contributed by atoms with van der Waals surface area (Å²) in [7, 11) is 0. The molecule has 0 spiro atoms. The number of fused-ring (bicyclic) bond motifs is 1. The van der Waals surface area contributed by atoms with Gasteiger partial charge in [-0.05, 0) is 76.8 Å². The second kappa shape index (κ2) is 13.5. The fraction of sp³-hybridized carbons (Fsp3) is 0.412. The van der Waals surface area contributed by atoms with Gasteiger partial charge in [0.2, 0.25) is 11.8 Å². The minimum Gasteiger partial charge on any atom is -0.444 e. The smallest absolute Gasteiger partial charge is 0.410 e. The highest BCUT2D eigenvalue weighted by Gasteiger charge is 2.28. The van der Waals surface area contributed by atoms with E-state index in [0.29, 0.717) is 49.3 Å². The van der Waals surface area contributed by atoms with Crippen LogP contribution in [0.15, 0.2) is 60.9 Å². The number of carbonyl (C=O) groups excluding carboxylic acids is 1. The van der Waals surface area contributed by atoms with Gasteiger partial charge in [0.15, 0.2) is 0 Å². The molecule has 2 aromatic carbocycles. The quantitative estimate of drug-likeness (QED) is 0.191. The molecule has 1 fully saturated rings. The highest BCUT2D eigenvalue weighted by atomic mass is 16.6. The number of carbonyl (C=O) groups is 1. The molecular formula is C34H42N6O4. The fourth-order valence-electron chi connectivity index (χ4n) is 5.21. The summed E-state index contributed by atoms with van der Waals surface area (Å²) in [4.78, 5) is 28.2. The van der Waals surface area contributed by atoms with Crippen LogP contribution < -0.4 is 15.4 Å². The number of nitrogens with zero attached hydrogens (tertiary/aromatic N) is 4. The lowest BCUT2D eigenvalue weighted by Gasteiger charge is -2.34. The van der Waals surface area contributed by atoms with Crippen molar-refractivity contribution in [2.24, 2.45) is 0 Å². The number of aromatic nitrogens is 3. The predicted octanol–water partition coefficient (Wildman–Crippen LogP) is 6.79. The lowest BCUT2D eigenvalue weighted by atomic mass is 10.0. The lowest BCUT2D eigenvalue weighted by molar-refractivity contribution is 0.0206. The number of nitrogens with one attached hydrogen (secondary N) is 2. The standard InChI is InChI=1S/C34H42N6O4/c1-6-24(41)20-37-28-13-7-11-26-25(28)15-14-22(2)30(26)43-31-27(12-8-17-35-31)29-16-18-36-32(39-29)38-23-10-9-19-40(21-23)33(42)44-34(3,4)5/h7-8,11-18,23-24,37,41H,6,9-10,19-21H2,1-5H3,(H,36,38,39). The average Bonchev–Trinajstić information content (AvgIpc) is 3.01. The molecule has 44 heavy (non-hydrogen) atoms. The molecule has 3 heterocycles. The third kappa shape index (κ3) is 7.55. The molecule has 3 N–H and O–H groups in total. The van der Waals surface area contributed by atoms with E-state index in [4.69, 9.17) is 14.5 Å². The first kappa shape index (κ1) is 31.0. The fourth-order valence-corrected chi connectivity index (χ4v) is 5.21. The number of hydrogen-bond acceptors (Lipinski definition) is 9. The van der Waals surface area contributed by atoms with E-state index in [1.54, 1.807) is 17.3 Å². The van der Waals surface area contributed by atoms with Gasteiger partial charge in [0.25, 0.3) is 0 Å². The Labute approximate surface area is 258 Å². The second-order valence-corrected chi connectivity index (χ2v) is 12.2. The summed E-state index contributed by atoms with van der Waals surface area (Å²) in [6.45, 7) is 11.2. The van der Waals surface area contributed by atoms with Gasteiger partial charge >= 0.3 is 6.09 Å². The van der Waals surface area contributed by atoms with Crippen molar-refractivity contribution >= 4 is 28.5 Å². The third-order valence-corrected chi connectivity index (χ3v) is 7.52. The number of aliphatic hydroxyl groups excluding tert-OH is 1. The first-order valence-electron chi connectivity index (χ1n) is 15.3. The number of aryl methyl sites for hydroxylation is 1. The van der Waals surface area contributed by atoms with Crippen molar-refractivity contribution in [2.75, 3.05) is 30.3 Å². The summed E-state index contributed by atoms with van der Waals surface area (Å²) < 4.78 is 12.1. The van der Waals surface area contributed by atoms with E-state index >= 15 is 0 Å². The molecule has 1 aliphatic rings. The van der Waals surface area contributed by atoms with Gasteiger partial charge in [0, 0.05) is 54.5 Å². The summed E-state index contributed by atoms with van der Waals surface area (Å²) in [5.41, 5.74) is 2.76. The first-order chi connectivity index (χ1) is 21.1. The number of aliphatic hydroxyl groups is 1. The molecule has 2 atom stereocenters. The molecule has 0 aliphatic carbocycles.